The van der Waals surface area contributed by atoms with Crippen molar-refractivity contribution in [3.63, 3.8) is 0 Å². The van der Waals surface area contributed by atoms with Crippen molar-refractivity contribution in [2.24, 2.45) is 0 Å². The number of esters is 1. The fourth-order valence-corrected chi connectivity index (χ4v) is 0.769. The Morgan fingerprint density at radius 3 is 2.38 bits per heavy atom. The molecular formula is C10H9FO2. The maximum absolute atomic E-state index is 12.2. The third-order valence-electron chi connectivity index (χ3n) is 1.45. The predicted molar refractivity (Wildman–Crippen MR) is 47.1 cm³/mol. The van der Waals surface area contributed by atoms with Crippen LogP contribution in [0.2, 0.25) is 0 Å². The van der Waals surface area contributed by atoms with Gasteiger partial charge in [-0.25, -0.2) is 4.79 Å². The first-order valence-corrected chi connectivity index (χ1v) is 3.73. The largest absolute Gasteiger partial charge is 0.421 e. The van der Waals surface area contributed by atoms with Crippen molar-refractivity contribution in [2.75, 3.05) is 0 Å². The van der Waals surface area contributed by atoms with E-state index in [2.05, 4.69) is 11.3 Å². The number of hydrogen-bond acceptors (Lipinski definition) is 2. The summed E-state index contributed by atoms with van der Waals surface area (Å²) >= 11 is 0. The standard InChI is InChI=1S/C10H9FO2/c1-7-3-5-9(6-4-7)13-10(12)8(2)11/h3-6H,2H2,1H3. The fourth-order valence-electron chi connectivity index (χ4n) is 0.769. The first kappa shape index (κ1) is 9.45. The summed E-state index contributed by atoms with van der Waals surface area (Å²) in [5, 5.41) is 0. The van der Waals surface area contributed by atoms with E-state index in [0.717, 1.165) is 5.56 Å². The maximum Gasteiger partial charge on any atom is 0.371 e. The Bertz CT molecular complexity index is 327. The number of aryl methyl sites for hydroxylation is 1. The van der Waals surface area contributed by atoms with Crippen LogP contribution in [0.15, 0.2) is 36.7 Å². The van der Waals surface area contributed by atoms with Gasteiger partial charge in [-0.3, -0.25) is 0 Å². The minimum Gasteiger partial charge on any atom is -0.421 e. The summed E-state index contributed by atoms with van der Waals surface area (Å²) in [6.45, 7) is 4.73. The molecule has 0 bridgehead atoms. The molecule has 0 heterocycles. The van der Waals surface area contributed by atoms with E-state index in [1.807, 2.05) is 6.92 Å². The lowest BCUT2D eigenvalue weighted by Crippen LogP contribution is -2.07. The molecule has 3 heteroatoms. The zero-order valence-electron chi connectivity index (χ0n) is 7.21. The Kier molecular flexibility index (Phi) is 2.80. The molecule has 0 radical (unpaired) electrons. The number of rotatable bonds is 2. The Hall–Kier alpha value is -1.64. The highest BCUT2D eigenvalue weighted by molar-refractivity contribution is 5.87. The van der Waals surface area contributed by atoms with Gasteiger partial charge in [0, 0.05) is 0 Å². The number of carbonyl (C=O) groups is 1. The molecule has 1 aromatic rings. The van der Waals surface area contributed by atoms with Crippen molar-refractivity contribution in [3.8, 4) is 5.75 Å². The molecule has 0 aromatic heterocycles. The van der Waals surface area contributed by atoms with E-state index in [9.17, 15) is 9.18 Å². The Labute approximate surface area is 75.6 Å². The van der Waals surface area contributed by atoms with Gasteiger partial charge in [-0.1, -0.05) is 24.3 Å². The lowest BCUT2D eigenvalue weighted by Gasteiger charge is -2.01. The second-order valence-electron chi connectivity index (χ2n) is 2.61. The van der Waals surface area contributed by atoms with E-state index in [4.69, 9.17) is 0 Å². The van der Waals surface area contributed by atoms with E-state index in [1.54, 1.807) is 24.3 Å². The van der Waals surface area contributed by atoms with Crippen LogP contribution in [0.25, 0.3) is 0 Å². The Morgan fingerprint density at radius 1 is 1.38 bits per heavy atom. The van der Waals surface area contributed by atoms with Gasteiger partial charge in [0.15, 0.2) is 0 Å². The fraction of sp³-hybridized carbons (Fsp3) is 0.100. The van der Waals surface area contributed by atoms with Crippen molar-refractivity contribution < 1.29 is 13.9 Å². The number of halogens is 1. The lowest BCUT2D eigenvalue weighted by molar-refractivity contribution is -0.131. The molecule has 0 fully saturated rings. The first-order valence-electron chi connectivity index (χ1n) is 3.73. The smallest absolute Gasteiger partial charge is 0.371 e. The van der Waals surface area contributed by atoms with Crippen molar-refractivity contribution in [1.82, 2.24) is 0 Å². The average Bonchev–Trinajstić information content (AvgIpc) is 2.08. The summed E-state index contributed by atoms with van der Waals surface area (Å²) in [5.41, 5.74) is 1.04. The van der Waals surface area contributed by atoms with E-state index in [1.165, 1.54) is 0 Å². The van der Waals surface area contributed by atoms with Gasteiger partial charge in [0.05, 0.1) is 0 Å². The van der Waals surface area contributed by atoms with E-state index < -0.39 is 11.8 Å². The molecule has 0 unspecified atom stereocenters. The third kappa shape index (κ3) is 2.71. The minimum absolute atomic E-state index is 0.314. The van der Waals surface area contributed by atoms with Crippen LogP contribution in [0.4, 0.5) is 4.39 Å². The number of hydrogen-bond donors (Lipinski definition) is 0. The van der Waals surface area contributed by atoms with Gasteiger partial charge >= 0.3 is 5.97 Å². The van der Waals surface area contributed by atoms with Gasteiger partial charge in [-0.05, 0) is 19.1 Å². The highest BCUT2D eigenvalue weighted by Gasteiger charge is 2.07. The van der Waals surface area contributed by atoms with Gasteiger partial charge in [-0.2, -0.15) is 4.39 Å². The molecule has 1 rings (SSSR count). The molecule has 0 saturated heterocycles. The van der Waals surface area contributed by atoms with Crippen LogP contribution < -0.4 is 4.74 Å². The predicted octanol–water partition coefficient (Wildman–Crippen LogP) is 2.38. The summed E-state index contributed by atoms with van der Waals surface area (Å²) in [6, 6.07) is 6.72. The summed E-state index contributed by atoms with van der Waals surface area (Å²) in [6.07, 6.45) is 0. The van der Waals surface area contributed by atoms with E-state index in [0.29, 0.717) is 5.75 Å². The quantitative estimate of drug-likeness (QED) is 0.397. The second-order valence-corrected chi connectivity index (χ2v) is 2.61. The molecule has 2 nitrogen and oxygen atoms in total. The second kappa shape index (κ2) is 3.85. The molecule has 0 spiro atoms. The molecule has 0 aliphatic heterocycles. The highest BCUT2D eigenvalue weighted by Crippen LogP contribution is 2.12. The van der Waals surface area contributed by atoms with Crippen LogP contribution in [0.1, 0.15) is 5.56 Å². The van der Waals surface area contributed by atoms with Gasteiger partial charge < -0.3 is 4.74 Å². The monoisotopic (exact) mass is 180 g/mol. The molecule has 0 saturated carbocycles. The molecule has 0 N–H and O–H groups in total. The summed E-state index contributed by atoms with van der Waals surface area (Å²) < 4.78 is 16.8. The van der Waals surface area contributed by atoms with Crippen LogP contribution in [0.5, 0.6) is 5.75 Å². The number of carbonyl (C=O) groups excluding carboxylic acids is 1. The SMILES string of the molecule is C=C(F)C(=O)Oc1ccc(C)cc1. The molecule has 0 aliphatic rings. The molecule has 0 atom stereocenters. The maximum atomic E-state index is 12.2. The zero-order valence-corrected chi connectivity index (χ0v) is 7.21. The molecule has 0 amide bonds. The average molecular weight is 180 g/mol. The van der Waals surface area contributed by atoms with Crippen LogP contribution >= 0.6 is 0 Å². The summed E-state index contributed by atoms with van der Waals surface area (Å²) in [7, 11) is 0. The van der Waals surface area contributed by atoms with Crippen LogP contribution in [0, 0.1) is 6.92 Å². The normalized spacial score (nSPS) is 9.38. The lowest BCUT2D eigenvalue weighted by atomic mass is 10.2. The molecular weight excluding hydrogens is 171 g/mol. The van der Waals surface area contributed by atoms with Crippen molar-refractivity contribution in [1.29, 1.82) is 0 Å². The van der Waals surface area contributed by atoms with Gasteiger partial charge in [0.2, 0.25) is 5.83 Å². The Balaban J connectivity index is 2.70. The zero-order chi connectivity index (χ0) is 9.84. The molecule has 13 heavy (non-hydrogen) atoms. The molecule has 0 aliphatic carbocycles. The van der Waals surface area contributed by atoms with E-state index >= 15 is 0 Å². The Morgan fingerprint density at radius 2 is 1.92 bits per heavy atom. The van der Waals surface area contributed by atoms with Gasteiger partial charge in [0.25, 0.3) is 0 Å². The van der Waals surface area contributed by atoms with Gasteiger partial charge in [-0.15, -0.1) is 0 Å². The van der Waals surface area contributed by atoms with E-state index in [-0.39, 0.29) is 0 Å². The van der Waals surface area contributed by atoms with Crippen LogP contribution in [0.3, 0.4) is 0 Å². The summed E-state index contributed by atoms with van der Waals surface area (Å²) in [4.78, 5) is 10.7. The highest BCUT2D eigenvalue weighted by atomic mass is 19.1. The van der Waals surface area contributed by atoms with Crippen LogP contribution in [-0.4, -0.2) is 5.97 Å². The molecule has 68 valence electrons. The van der Waals surface area contributed by atoms with Crippen LogP contribution in [-0.2, 0) is 4.79 Å². The third-order valence-corrected chi connectivity index (χ3v) is 1.45. The summed E-state index contributed by atoms with van der Waals surface area (Å²) in [5.74, 6) is -1.83. The first-order chi connectivity index (χ1) is 6.09. The van der Waals surface area contributed by atoms with Crippen molar-refractivity contribution in [2.45, 2.75) is 6.92 Å². The minimum atomic E-state index is -1.10. The molecule has 1 aromatic carbocycles. The topological polar surface area (TPSA) is 26.3 Å². The van der Waals surface area contributed by atoms with Gasteiger partial charge in [0.1, 0.15) is 5.75 Å². The van der Waals surface area contributed by atoms with Crippen molar-refractivity contribution in [3.05, 3.63) is 42.2 Å². The number of benzene rings is 1. The van der Waals surface area contributed by atoms with Crippen molar-refractivity contribution >= 4 is 5.97 Å². The number of ether oxygens (including phenoxy) is 1.